The molecule has 0 aliphatic heterocycles. The van der Waals surface area contributed by atoms with Crippen LogP contribution >= 0.6 is 0 Å². The minimum Gasteiger partial charge on any atom is -0.497 e. The first-order valence-corrected chi connectivity index (χ1v) is 9.65. The fraction of sp³-hybridized carbons (Fsp3) is 0.182. The Kier molecular flexibility index (Phi) is 5.65. The van der Waals surface area contributed by atoms with Crippen LogP contribution in [0.4, 0.5) is 10.7 Å². The summed E-state index contributed by atoms with van der Waals surface area (Å²) in [6, 6.07) is 16.3. The highest BCUT2D eigenvalue weighted by molar-refractivity contribution is 5.87. The zero-order valence-corrected chi connectivity index (χ0v) is 17.4. The number of anilines is 1. The van der Waals surface area contributed by atoms with Gasteiger partial charge < -0.3 is 14.8 Å². The molecule has 2 amide bonds. The van der Waals surface area contributed by atoms with Gasteiger partial charge in [-0.2, -0.15) is 9.50 Å². The van der Waals surface area contributed by atoms with Crippen molar-refractivity contribution in [2.24, 2.45) is 0 Å². The molecule has 0 saturated heterocycles. The summed E-state index contributed by atoms with van der Waals surface area (Å²) in [5, 5.41) is 9.94. The van der Waals surface area contributed by atoms with Gasteiger partial charge in [-0.15, -0.1) is 5.10 Å². The third-order valence-corrected chi connectivity index (χ3v) is 4.79. The number of benzene rings is 2. The quantitative estimate of drug-likeness (QED) is 0.495. The molecule has 4 rings (SSSR count). The molecule has 0 fully saturated rings. The van der Waals surface area contributed by atoms with Gasteiger partial charge in [0, 0.05) is 11.8 Å². The molecule has 1 atom stereocenters. The molecule has 0 saturated carbocycles. The van der Waals surface area contributed by atoms with Crippen LogP contribution in [0.5, 0.6) is 11.5 Å². The van der Waals surface area contributed by atoms with Crippen molar-refractivity contribution in [1.29, 1.82) is 0 Å². The van der Waals surface area contributed by atoms with E-state index in [1.165, 1.54) is 0 Å². The second-order valence-electron chi connectivity index (χ2n) is 6.80. The lowest BCUT2D eigenvalue weighted by Gasteiger charge is -2.14. The Balaban J connectivity index is 1.51. The molecule has 9 nitrogen and oxygen atoms in total. The lowest BCUT2D eigenvalue weighted by Crippen LogP contribution is -2.31. The number of amides is 2. The lowest BCUT2D eigenvalue weighted by atomic mass is 10.1. The Morgan fingerprint density at radius 1 is 1.03 bits per heavy atom. The summed E-state index contributed by atoms with van der Waals surface area (Å²) in [6.07, 6.45) is 1.65. The van der Waals surface area contributed by atoms with Crippen LogP contribution in [-0.2, 0) is 0 Å². The van der Waals surface area contributed by atoms with E-state index in [2.05, 4.69) is 25.7 Å². The molecule has 2 N–H and O–H groups in total. The number of aromatic nitrogens is 4. The van der Waals surface area contributed by atoms with E-state index in [0.717, 1.165) is 28.3 Å². The molecule has 0 spiro atoms. The summed E-state index contributed by atoms with van der Waals surface area (Å²) in [7, 11) is 3.22. The largest absolute Gasteiger partial charge is 0.497 e. The second-order valence-corrected chi connectivity index (χ2v) is 6.80. The van der Waals surface area contributed by atoms with E-state index >= 15 is 0 Å². The normalized spacial score (nSPS) is 11.7. The van der Waals surface area contributed by atoms with Crippen molar-refractivity contribution in [2.75, 3.05) is 19.5 Å². The van der Waals surface area contributed by atoms with Crippen molar-refractivity contribution in [3.63, 3.8) is 0 Å². The van der Waals surface area contributed by atoms with Gasteiger partial charge in [0.05, 0.1) is 26.0 Å². The molecule has 158 valence electrons. The predicted octanol–water partition coefficient (Wildman–Crippen LogP) is 3.69. The zero-order chi connectivity index (χ0) is 21.8. The number of nitrogens with zero attached hydrogens (tertiary/aromatic N) is 4. The van der Waals surface area contributed by atoms with Crippen molar-refractivity contribution >= 4 is 17.8 Å². The van der Waals surface area contributed by atoms with Gasteiger partial charge in [0.25, 0.3) is 11.7 Å². The second kappa shape index (κ2) is 8.70. The maximum absolute atomic E-state index is 12.5. The summed E-state index contributed by atoms with van der Waals surface area (Å²) in [5.74, 6) is 2.02. The van der Waals surface area contributed by atoms with Gasteiger partial charge in [-0.05, 0) is 55.0 Å². The summed E-state index contributed by atoms with van der Waals surface area (Å²) in [6.45, 7) is 1.88. The van der Waals surface area contributed by atoms with Gasteiger partial charge in [0.15, 0.2) is 0 Å². The standard InChI is InChI=1S/C22H22N6O3/c1-14(16-5-4-6-18(13-16)31-3)24-22(29)26-20-25-21-23-12-11-19(28(21)27-20)15-7-9-17(30-2)10-8-15/h4-14H,1-3H3,(H2,24,26,27,29). The molecule has 2 heterocycles. The number of carbonyl (C=O) groups is 1. The minimum absolute atomic E-state index is 0.156. The number of hydrogen-bond donors (Lipinski definition) is 2. The molecule has 31 heavy (non-hydrogen) atoms. The van der Waals surface area contributed by atoms with Crippen molar-refractivity contribution < 1.29 is 14.3 Å². The Bertz CT molecular complexity index is 1210. The van der Waals surface area contributed by atoms with E-state index in [1.807, 2.05) is 61.5 Å². The van der Waals surface area contributed by atoms with Crippen LogP contribution in [0.2, 0.25) is 0 Å². The summed E-state index contributed by atoms with van der Waals surface area (Å²) in [5.41, 5.74) is 2.63. The number of rotatable bonds is 6. The smallest absolute Gasteiger partial charge is 0.322 e. The van der Waals surface area contributed by atoms with E-state index in [1.54, 1.807) is 24.9 Å². The van der Waals surface area contributed by atoms with Crippen LogP contribution in [0.3, 0.4) is 0 Å². The van der Waals surface area contributed by atoms with Crippen molar-refractivity contribution in [3.05, 3.63) is 66.4 Å². The van der Waals surface area contributed by atoms with Crippen LogP contribution in [0, 0.1) is 0 Å². The predicted molar refractivity (Wildman–Crippen MR) is 116 cm³/mol. The van der Waals surface area contributed by atoms with Crippen molar-refractivity contribution in [1.82, 2.24) is 24.9 Å². The summed E-state index contributed by atoms with van der Waals surface area (Å²) in [4.78, 5) is 21.0. The molecule has 2 aromatic heterocycles. The molecule has 1 unspecified atom stereocenters. The van der Waals surface area contributed by atoms with E-state index in [0.29, 0.717) is 5.78 Å². The third kappa shape index (κ3) is 4.40. The highest BCUT2D eigenvalue weighted by atomic mass is 16.5. The molecule has 0 radical (unpaired) electrons. The number of hydrogen-bond acceptors (Lipinski definition) is 6. The van der Waals surface area contributed by atoms with E-state index in [4.69, 9.17) is 9.47 Å². The number of ether oxygens (including phenoxy) is 2. The monoisotopic (exact) mass is 418 g/mol. The number of methoxy groups -OCH3 is 2. The Morgan fingerprint density at radius 2 is 1.81 bits per heavy atom. The van der Waals surface area contributed by atoms with Gasteiger partial charge in [-0.3, -0.25) is 5.32 Å². The summed E-state index contributed by atoms with van der Waals surface area (Å²) >= 11 is 0. The number of fused-ring (bicyclic) bond motifs is 1. The Hall–Kier alpha value is -4.14. The van der Waals surface area contributed by atoms with E-state index in [9.17, 15) is 4.79 Å². The van der Waals surface area contributed by atoms with Crippen molar-refractivity contribution in [3.8, 4) is 22.8 Å². The minimum atomic E-state index is -0.419. The molecule has 0 bridgehead atoms. The average molecular weight is 418 g/mol. The molecule has 4 aromatic rings. The van der Waals surface area contributed by atoms with Crippen LogP contribution < -0.4 is 20.1 Å². The molecular formula is C22H22N6O3. The number of urea groups is 1. The van der Waals surface area contributed by atoms with Gasteiger partial charge >= 0.3 is 6.03 Å². The van der Waals surface area contributed by atoms with Gasteiger partial charge in [-0.1, -0.05) is 12.1 Å². The maximum atomic E-state index is 12.5. The van der Waals surface area contributed by atoms with Gasteiger partial charge in [0.2, 0.25) is 0 Å². The molecule has 2 aromatic carbocycles. The molecular weight excluding hydrogens is 396 g/mol. The zero-order valence-electron chi connectivity index (χ0n) is 17.4. The van der Waals surface area contributed by atoms with Gasteiger partial charge in [0.1, 0.15) is 11.5 Å². The van der Waals surface area contributed by atoms with Crippen molar-refractivity contribution in [2.45, 2.75) is 13.0 Å². The fourth-order valence-electron chi connectivity index (χ4n) is 3.16. The Morgan fingerprint density at radius 3 is 2.55 bits per heavy atom. The lowest BCUT2D eigenvalue weighted by molar-refractivity contribution is 0.249. The van der Waals surface area contributed by atoms with Gasteiger partial charge in [-0.25, -0.2) is 9.78 Å². The number of carbonyl (C=O) groups excluding carboxylic acids is 1. The highest BCUT2D eigenvalue weighted by Crippen LogP contribution is 2.23. The first kappa shape index (κ1) is 20.1. The summed E-state index contributed by atoms with van der Waals surface area (Å²) < 4.78 is 12.0. The highest BCUT2D eigenvalue weighted by Gasteiger charge is 2.14. The first-order valence-electron chi connectivity index (χ1n) is 9.65. The molecule has 0 aliphatic carbocycles. The van der Waals surface area contributed by atoms with Crippen LogP contribution in [-0.4, -0.2) is 39.8 Å². The topological polar surface area (TPSA) is 103 Å². The fourth-order valence-corrected chi connectivity index (χ4v) is 3.16. The SMILES string of the molecule is COc1ccc(-c2ccnc3nc(NC(=O)NC(C)c4cccc(OC)c4)nn23)cc1. The van der Waals surface area contributed by atoms with E-state index in [-0.39, 0.29) is 12.0 Å². The van der Waals surface area contributed by atoms with E-state index < -0.39 is 6.03 Å². The Labute approximate surface area is 179 Å². The number of nitrogens with one attached hydrogen (secondary N) is 2. The van der Waals surface area contributed by atoms with Crippen LogP contribution in [0.25, 0.3) is 17.0 Å². The van der Waals surface area contributed by atoms with Crippen LogP contribution in [0.1, 0.15) is 18.5 Å². The van der Waals surface area contributed by atoms with Crippen LogP contribution in [0.15, 0.2) is 60.8 Å². The maximum Gasteiger partial charge on any atom is 0.322 e. The molecule has 9 heteroatoms. The average Bonchev–Trinajstić information content (AvgIpc) is 3.21. The third-order valence-electron chi connectivity index (χ3n) is 4.79. The molecule has 0 aliphatic rings. The first-order chi connectivity index (χ1) is 15.1.